The number of hydrogen-bond donors (Lipinski definition) is 2. The highest BCUT2D eigenvalue weighted by molar-refractivity contribution is 5.88. The minimum absolute atomic E-state index is 0.109. The van der Waals surface area contributed by atoms with E-state index in [1.807, 2.05) is 24.3 Å². The Morgan fingerprint density at radius 2 is 2.33 bits per heavy atom. The lowest BCUT2D eigenvalue weighted by atomic mass is 9.96. The van der Waals surface area contributed by atoms with Gasteiger partial charge in [0.1, 0.15) is 12.4 Å². The highest BCUT2D eigenvalue weighted by Crippen LogP contribution is 2.63. The number of carbonyl (C=O) groups excluding carboxylic acids is 1. The van der Waals surface area contributed by atoms with Crippen LogP contribution in [0.4, 0.5) is 0 Å². The van der Waals surface area contributed by atoms with Gasteiger partial charge in [0, 0.05) is 5.92 Å². The van der Waals surface area contributed by atoms with E-state index in [0.29, 0.717) is 6.61 Å². The van der Waals surface area contributed by atoms with E-state index in [0.717, 1.165) is 17.7 Å². The molecule has 4 nitrogen and oxygen atoms in total. The van der Waals surface area contributed by atoms with Crippen LogP contribution < -0.4 is 16.0 Å². The molecule has 3 rings (SSSR count). The van der Waals surface area contributed by atoms with E-state index in [1.54, 1.807) is 0 Å². The van der Waals surface area contributed by atoms with Gasteiger partial charge in [-0.05, 0) is 18.1 Å². The normalized spacial score (nSPS) is 30.9. The Bertz CT molecular complexity index is 432. The molecule has 1 aromatic rings. The molecule has 1 saturated carbocycles. The van der Waals surface area contributed by atoms with Gasteiger partial charge in [-0.25, -0.2) is 5.84 Å². The van der Waals surface area contributed by atoms with E-state index in [4.69, 9.17) is 10.6 Å². The molecular formula is C11H12N2O2. The van der Waals surface area contributed by atoms with Crippen molar-refractivity contribution in [2.45, 2.75) is 12.3 Å². The first-order valence-corrected chi connectivity index (χ1v) is 5.01. The number of hydrazine groups is 1. The molecule has 3 N–H and O–H groups in total. The lowest BCUT2D eigenvalue weighted by Gasteiger charge is -2.23. The summed E-state index contributed by atoms with van der Waals surface area (Å²) < 4.78 is 5.59. The predicted molar refractivity (Wildman–Crippen MR) is 54.1 cm³/mol. The number of benzene rings is 1. The maximum absolute atomic E-state index is 11.6. The number of carbonyl (C=O) groups is 1. The zero-order chi connectivity index (χ0) is 10.5. The van der Waals surface area contributed by atoms with Gasteiger partial charge in [-0.2, -0.15) is 0 Å². The van der Waals surface area contributed by atoms with Crippen LogP contribution >= 0.6 is 0 Å². The van der Waals surface area contributed by atoms with Gasteiger partial charge < -0.3 is 4.74 Å². The van der Waals surface area contributed by atoms with Gasteiger partial charge in [-0.1, -0.05) is 18.2 Å². The minimum atomic E-state index is -0.400. The standard InChI is InChI=1S/C11H12N2O2/c12-13-10(14)11-5-8(11)7-3-1-2-4-9(7)15-6-11/h1-4,8H,5-6,12H2,(H,13,14). The Kier molecular flexibility index (Phi) is 1.59. The Morgan fingerprint density at radius 1 is 1.53 bits per heavy atom. The molecule has 1 aromatic carbocycles. The summed E-state index contributed by atoms with van der Waals surface area (Å²) in [4.78, 5) is 11.6. The second kappa shape index (κ2) is 2.73. The summed E-state index contributed by atoms with van der Waals surface area (Å²) in [5, 5.41) is 0. The van der Waals surface area contributed by atoms with Crippen molar-refractivity contribution in [1.82, 2.24) is 5.43 Å². The van der Waals surface area contributed by atoms with Crippen molar-refractivity contribution in [3.8, 4) is 5.75 Å². The summed E-state index contributed by atoms with van der Waals surface area (Å²) in [6, 6.07) is 7.87. The SMILES string of the molecule is NNC(=O)C12COc3ccccc3C1C2. The first-order valence-electron chi connectivity index (χ1n) is 5.01. The van der Waals surface area contributed by atoms with Crippen LogP contribution in [-0.4, -0.2) is 12.5 Å². The maximum Gasteiger partial charge on any atom is 0.244 e. The minimum Gasteiger partial charge on any atom is -0.492 e. The van der Waals surface area contributed by atoms with Crippen molar-refractivity contribution >= 4 is 5.91 Å². The zero-order valence-corrected chi connectivity index (χ0v) is 8.19. The largest absolute Gasteiger partial charge is 0.492 e. The average Bonchev–Trinajstić information content (AvgIpc) is 3.04. The van der Waals surface area contributed by atoms with Crippen LogP contribution in [-0.2, 0) is 4.79 Å². The number of fused-ring (bicyclic) bond motifs is 3. The summed E-state index contributed by atoms with van der Waals surface area (Å²) in [5.41, 5.74) is 2.96. The van der Waals surface area contributed by atoms with E-state index in [1.165, 1.54) is 0 Å². The van der Waals surface area contributed by atoms with E-state index in [2.05, 4.69) is 5.43 Å². The van der Waals surface area contributed by atoms with Gasteiger partial charge in [0.2, 0.25) is 5.91 Å². The quantitative estimate of drug-likeness (QED) is 0.398. The van der Waals surface area contributed by atoms with Crippen molar-refractivity contribution in [3.63, 3.8) is 0 Å². The fourth-order valence-corrected chi connectivity index (χ4v) is 2.44. The molecule has 0 aromatic heterocycles. The molecule has 4 heteroatoms. The van der Waals surface area contributed by atoms with Gasteiger partial charge in [0.15, 0.2) is 0 Å². The highest BCUT2D eigenvalue weighted by atomic mass is 16.5. The maximum atomic E-state index is 11.6. The summed E-state index contributed by atoms with van der Waals surface area (Å²) >= 11 is 0. The lowest BCUT2D eigenvalue weighted by molar-refractivity contribution is -0.128. The number of ether oxygens (including phenoxy) is 1. The molecule has 1 aliphatic heterocycles. The van der Waals surface area contributed by atoms with Crippen LogP contribution in [0.3, 0.4) is 0 Å². The predicted octanol–water partition coefficient (Wildman–Crippen LogP) is 0.543. The Morgan fingerprint density at radius 3 is 3.13 bits per heavy atom. The zero-order valence-electron chi connectivity index (χ0n) is 8.19. The molecule has 0 spiro atoms. The Labute approximate surface area is 87.4 Å². The lowest BCUT2D eigenvalue weighted by Crippen LogP contribution is -2.41. The molecular weight excluding hydrogens is 192 g/mol. The van der Waals surface area contributed by atoms with E-state index < -0.39 is 5.41 Å². The van der Waals surface area contributed by atoms with Crippen LogP contribution in [0, 0.1) is 5.41 Å². The molecule has 1 fully saturated rings. The molecule has 0 saturated heterocycles. The fourth-order valence-electron chi connectivity index (χ4n) is 2.44. The van der Waals surface area contributed by atoms with Gasteiger partial charge in [-0.3, -0.25) is 10.2 Å². The molecule has 2 unspecified atom stereocenters. The third kappa shape index (κ3) is 1.02. The van der Waals surface area contributed by atoms with Crippen LogP contribution in [0.5, 0.6) is 5.75 Å². The van der Waals surface area contributed by atoms with E-state index in [-0.39, 0.29) is 11.8 Å². The third-order valence-electron chi connectivity index (χ3n) is 3.44. The number of nitrogens with one attached hydrogen (secondary N) is 1. The van der Waals surface area contributed by atoms with Crippen LogP contribution in [0.25, 0.3) is 0 Å². The molecule has 15 heavy (non-hydrogen) atoms. The smallest absolute Gasteiger partial charge is 0.244 e. The fraction of sp³-hybridized carbons (Fsp3) is 0.364. The van der Waals surface area contributed by atoms with E-state index in [9.17, 15) is 4.79 Å². The van der Waals surface area contributed by atoms with Crippen molar-refractivity contribution in [1.29, 1.82) is 0 Å². The number of rotatable bonds is 1. The highest BCUT2D eigenvalue weighted by Gasteiger charge is 2.63. The van der Waals surface area contributed by atoms with Crippen LogP contribution in [0.15, 0.2) is 24.3 Å². The summed E-state index contributed by atoms with van der Waals surface area (Å²) in [7, 11) is 0. The summed E-state index contributed by atoms with van der Waals surface area (Å²) in [5.74, 6) is 6.26. The molecule has 1 heterocycles. The van der Waals surface area contributed by atoms with Crippen LogP contribution in [0.2, 0.25) is 0 Å². The second-order valence-electron chi connectivity index (χ2n) is 4.21. The molecule has 78 valence electrons. The molecule has 2 atom stereocenters. The summed E-state index contributed by atoms with van der Waals surface area (Å²) in [6.07, 6.45) is 0.840. The van der Waals surface area contributed by atoms with Crippen molar-refractivity contribution in [2.24, 2.45) is 11.3 Å². The molecule has 0 radical (unpaired) electrons. The first-order chi connectivity index (χ1) is 7.28. The second-order valence-corrected chi connectivity index (χ2v) is 4.21. The first kappa shape index (κ1) is 8.73. The molecule has 0 bridgehead atoms. The van der Waals surface area contributed by atoms with Gasteiger partial charge in [-0.15, -0.1) is 0 Å². The number of nitrogens with two attached hydrogens (primary N) is 1. The number of hydrogen-bond acceptors (Lipinski definition) is 3. The van der Waals surface area contributed by atoms with Crippen molar-refractivity contribution in [2.75, 3.05) is 6.61 Å². The van der Waals surface area contributed by atoms with Gasteiger partial charge >= 0.3 is 0 Å². The Balaban J connectivity index is 1.98. The van der Waals surface area contributed by atoms with Crippen molar-refractivity contribution < 1.29 is 9.53 Å². The van der Waals surface area contributed by atoms with Gasteiger partial charge in [0.25, 0.3) is 0 Å². The van der Waals surface area contributed by atoms with E-state index >= 15 is 0 Å². The molecule has 1 amide bonds. The molecule has 2 aliphatic rings. The number of amides is 1. The number of para-hydroxylation sites is 1. The van der Waals surface area contributed by atoms with Crippen LogP contribution in [0.1, 0.15) is 17.9 Å². The topological polar surface area (TPSA) is 64.3 Å². The third-order valence-corrected chi connectivity index (χ3v) is 3.44. The summed E-state index contributed by atoms with van der Waals surface area (Å²) in [6.45, 7) is 0.442. The monoisotopic (exact) mass is 204 g/mol. The van der Waals surface area contributed by atoms with Crippen molar-refractivity contribution in [3.05, 3.63) is 29.8 Å². The molecule has 1 aliphatic carbocycles. The van der Waals surface area contributed by atoms with Gasteiger partial charge in [0.05, 0.1) is 5.41 Å². The Hall–Kier alpha value is -1.55. The average molecular weight is 204 g/mol.